The molecule has 0 aliphatic rings. The molecule has 130 valence electrons. The number of carbonyl (C=O) groups is 1. The Morgan fingerprint density at radius 1 is 1.33 bits per heavy atom. The zero-order chi connectivity index (χ0) is 17.7. The number of nitrogens with one attached hydrogen (secondary N) is 1. The number of carbonyl (C=O) groups excluding carboxylic acids is 1. The molecule has 2 aromatic rings. The Morgan fingerprint density at radius 2 is 2.08 bits per heavy atom. The summed E-state index contributed by atoms with van der Waals surface area (Å²) in [6.07, 6.45) is -0.615. The average Bonchev–Trinajstić information content (AvgIpc) is 2.94. The van der Waals surface area contributed by atoms with Gasteiger partial charge in [-0.2, -0.15) is 0 Å². The number of hydrogen-bond acceptors (Lipinski definition) is 6. The summed E-state index contributed by atoms with van der Waals surface area (Å²) in [5.41, 5.74) is 2.20. The smallest absolute Gasteiger partial charge is 0.266 e. The molecule has 5 nitrogen and oxygen atoms in total. The van der Waals surface area contributed by atoms with Crippen LogP contribution in [0.5, 0.6) is 5.75 Å². The highest BCUT2D eigenvalue weighted by Gasteiger charge is 2.19. The summed E-state index contributed by atoms with van der Waals surface area (Å²) in [6, 6.07) is 6.08. The van der Waals surface area contributed by atoms with Crippen LogP contribution in [0.2, 0.25) is 0 Å². The third kappa shape index (κ3) is 4.95. The summed E-state index contributed by atoms with van der Waals surface area (Å²) in [6.45, 7) is 10.0. The zero-order valence-electron chi connectivity index (χ0n) is 14.6. The van der Waals surface area contributed by atoms with Crippen molar-refractivity contribution in [3.8, 4) is 5.75 Å². The first-order valence-corrected chi connectivity index (χ1v) is 9.75. The second-order valence-corrected chi connectivity index (χ2v) is 8.24. The molecule has 0 unspecified atom stereocenters. The van der Waals surface area contributed by atoms with Crippen LogP contribution in [0.15, 0.2) is 22.5 Å². The fourth-order valence-electron chi connectivity index (χ4n) is 2.11. The lowest BCUT2D eigenvalue weighted by Crippen LogP contribution is -2.30. The van der Waals surface area contributed by atoms with Gasteiger partial charge in [0.25, 0.3) is 5.91 Å². The molecule has 0 radical (unpaired) electrons. The molecular weight excluding hydrogens is 342 g/mol. The van der Waals surface area contributed by atoms with Crippen molar-refractivity contribution < 1.29 is 9.53 Å². The number of thioether (sulfide) groups is 1. The van der Waals surface area contributed by atoms with Crippen molar-refractivity contribution in [2.45, 2.75) is 51.0 Å². The molecule has 1 heterocycles. The molecule has 1 N–H and O–H groups in total. The SMILES string of the molecule is CCSc1nnc(NC(=O)[C@@H](C)Oc2cc(C)ccc2C(C)C)s1. The molecule has 1 aromatic heterocycles. The number of amides is 1. The fraction of sp³-hybridized carbons (Fsp3) is 0.471. The van der Waals surface area contributed by atoms with Gasteiger partial charge in [-0.3, -0.25) is 10.1 Å². The first kappa shape index (κ1) is 18.7. The Balaban J connectivity index is 2.04. The lowest BCUT2D eigenvalue weighted by atomic mass is 10.0. The summed E-state index contributed by atoms with van der Waals surface area (Å²) in [7, 11) is 0. The Bertz CT molecular complexity index is 701. The zero-order valence-corrected chi connectivity index (χ0v) is 16.3. The molecular formula is C17H23N3O2S2. The van der Waals surface area contributed by atoms with Gasteiger partial charge in [-0.25, -0.2) is 0 Å². The van der Waals surface area contributed by atoms with E-state index in [1.165, 1.54) is 11.3 Å². The van der Waals surface area contributed by atoms with Crippen LogP contribution in [0.4, 0.5) is 5.13 Å². The molecule has 7 heteroatoms. The van der Waals surface area contributed by atoms with Crippen molar-refractivity contribution in [2.75, 3.05) is 11.1 Å². The molecule has 2 rings (SSSR count). The number of aromatic nitrogens is 2. The predicted molar refractivity (Wildman–Crippen MR) is 100 cm³/mol. The lowest BCUT2D eigenvalue weighted by Gasteiger charge is -2.18. The van der Waals surface area contributed by atoms with Gasteiger partial charge in [0.2, 0.25) is 5.13 Å². The summed E-state index contributed by atoms with van der Waals surface area (Å²) < 4.78 is 6.76. The highest BCUT2D eigenvalue weighted by atomic mass is 32.2. The van der Waals surface area contributed by atoms with Gasteiger partial charge in [0, 0.05) is 0 Å². The van der Waals surface area contributed by atoms with E-state index in [0.717, 1.165) is 27.0 Å². The molecule has 0 bridgehead atoms. The van der Waals surface area contributed by atoms with Gasteiger partial charge < -0.3 is 4.74 Å². The third-order valence-corrected chi connectivity index (χ3v) is 5.22. The van der Waals surface area contributed by atoms with Crippen LogP contribution in [-0.2, 0) is 4.79 Å². The van der Waals surface area contributed by atoms with Crippen molar-refractivity contribution in [3.05, 3.63) is 29.3 Å². The van der Waals surface area contributed by atoms with Crippen LogP contribution in [0.3, 0.4) is 0 Å². The highest BCUT2D eigenvalue weighted by molar-refractivity contribution is 8.01. The Kier molecular flexibility index (Phi) is 6.62. The second kappa shape index (κ2) is 8.48. The highest BCUT2D eigenvalue weighted by Crippen LogP contribution is 2.29. The van der Waals surface area contributed by atoms with Crippen molar-refractivity contribution in [1.82, 2.24) is 10.2 Å². The molecule has 1 atom stereocenters. The standard InChI is InChI=1S/C17H23N3O2S2/c1-6-23-17-20-19-16(24-17)18-15(21)12(5)22-14-9-11(4)7-8-13(14)10(2)3/h7-10,12H,6H2,1-5H3,(H,18,19,21)/t12-/m1/s1. The van der Waals surface area contributed by atoms with Crippen molar-refractivity contribution in [1.29, 1.82) is 0 Å². The number of rotatable bonds is 7. The first-order valence-electron chi connectivity index (χ1n) is 7.95. The number of ether oxygens (including phenoxy) is 1. The van der Waals surface area contributed by atoms with Crippen LogP contribution in [0.1, 0.15) is 44.7 Å². The first-order chi connectivity index (χ1) is 11.4. The molecule has 0 spiro atoms. The van der Waals surface area contributed by atoms with E-state index in [0.29, 0.717) is 11.0 Å². The maximum atomic E-state index is 12.3. The van der Waals surface area contributed by atoms with Gasteiger partial charge >= 0.3 is 0 Å². The summed E-state index contributed by atoms with van der Waals surface area (Å²) >= 11 is 2.98. The van der Waals surface area contributed by atoms with Gasteiger partial charge in [-0.1, -0.05) is 56.0 Å². The predicted octanol–water partition coefficient (Wildman–Crippen LogP) is 4.49. The van der Waals surface area contributed by atoms with E-state index in [-0.39, 0.29) is 5.91 Å². The van der Waals surface area contributed by atoms with Gasteiger partial charge in [0.1, 0.15) is 5.75 Å². The minimum Gasteiger partial charge on any atom is -0.481 e. The third-order valence-electron chi connectivity index (χ3n) is 3.37. The summed E-state index contributed by atoms with van der Waals surface area (Å²) in [5.74, 6) is 1.78. The number of benzene rings is 1. The minimum absolute atomic E-state index is 0.226. The summed E-state index contributed by atoms with van der Waals surface area (Å²) in [4.78, 5) is 12.3. The van der Waals surface area contributed by atoms with Crippen LogP contribution in [0.25, 0.3) is 0 Å². The van der Waals surface area contributed by atoms with Crippen LogP contribution in [-0.4, -0.2) is 28.0 Å². The lowest BCUT2D eigenvalue weighted by molar-refractivity contribution is -0.122. The maximum Gasteiger partial charge on any atom is 0.266 e. The molecule has 1 amide bonds. The molecule has 1 aromatic carbocycles. The fourth-order valence-corrected chi connectivity index (χ4v) is 3.77. The van der Waals surface area contributed by atoms with Crippen molar-refractivity contribution in [3.63, 3.8) is 0 Å². The van der Waals surface area contributed by atoms with E-state index >= 15 is 0 Å². The molecule has 0 aliphatic heterocycles. The maximum absolute atomic E-state index is 12.3. The molecule has 0 aliphatic carbocycles. The topological polar surface area (TPSA) is 64.1 Å². The van der Waals surface area contributed by atoms with Crippen molar-refractivity contribution in [2.24, 2.45) is 0 Å². The van der Waals surface area contributed by atoms with Gasteiger partial charge in [0.05, 0.1) is 0 Å². The molecule has 0 saturated heterocycles. The minimum atomic E-state index is -0.615. The van der Waals surface area contributed by atoms with E-state index in [2.05, 4.69) is 41.5 Å². The molecule has 0 fully saturated rings. The number of anilines is 1. The quantitative estimate of drug-likeness (QED) is 0.578. The Hall–Kier alpha value is -1.60. The Labute approximate surface area is 151 Å². The van der Waals surface area contributed by atoms with Crippen LogP contribution in [0, 0.1) is 6.92 Å². The number of nitrogens with zero attached hydrogens (tertiary/aromatic N) is 2. The van der Waals surface area contributed by atoms with E-state index in [1.54, 1.807) is 18.7 Å². The monoisotopic (exact) mass is 365 g/mol. The average molecular weight is 366 g/mol. The van der Waals surface area contributed by atoms with Crippen LogP contribution >= 0.6 is 23.1 Å². The van der Waals surface area contributed by atoms with Gasteiger partial charge in [0.15, 0.2) is 10.4 Å². The number of hydrogen-bond donors (Lipinski definition) is 1. The van der Waals surface area contributed by atoms with E-state index < -0.39 is 6.10 Å². The normalized spacial score (nSPS) is 12.2. The van der Waals surface area contributed by atoms with E-state index in [4.69, 9.17) is 4.74 Å². The van der Waals surface area contributed by atoms with Crippen molar-refractivity contribution >= 4 is 34.1 Å². The number of aryl methyl sites for hydroxylation is 1. The van der Waals surface area contributed by atoms with Gasteiger partial charge in [-0.05, 0) is 42.7 Å². The van der Waals surface area contributed by atoms with E-state index in [9.17, 15) is 4.79 Å². The molecule has 24 heavy (non-hydrogen) atoms. The van der Waals surface area contributed by atoms with Crippen LogP contribution < -0.4 is 10.1 Å². The van der Waals surface area contributed by atoms with Gasteiger partial charge in [-0.15, -0.1) is 10.2 Å². The largest absolute Gasteiger partial charge is 0.481 e. The summed E-state index contributed by atoms with van der Waals surface area (Å²) in [5, 5.41) is 11.3. The molecule has 0 saturated carbocycles. The Morgan fingerprint density at radius 3 is 2.75 bits per heavy atom. The second-order valence-electron chi connectivity index (χ2n) is 5.75. The van der Waals surface area contributed by atoms with E-state index in [1.807, 2.05) is 19.9 Å².